The van der Waals surface area contributed by atoms with Gasteiger partial charge in [0.1, 0.15) is 13.6 Å². The molecule has 2 aromatic rings. The van der Waals surface area contributed by atoms with E-state index in [-0.39, 0.29) is 6.10 Å². The highest BCUT2D eigenvalue weighted by atomic mass is 35.5. The number of benzene rings is 2. The van der Waals surface area contributed by atoms with Crippen LogP contribution in [0, 0.1) is 0 Å². The van der Waals surface area contributed by atoms with Crippen LogP contribution in [-0.4, -0.2) is 19.5 Å². The van der Waals surface area contributed by atoms with E-state index in [1.807, 2.05) is 36.4 Å². The van der Waals surface area contributed by atoms with Gasteiger partial charge in [-0.15, -0.1) is 0 Å². The standard InChI is InChI=1S/C17H16BClO2/c18-17(21-16-9-5-4-8-15(16)19)10-14(11-17)20-12-13-6-2-1-3-7-13/h1-9,14H,10-12H2. The third kappa shape index (κ3) is 3.61. The summed E-state index contributed by atoms with van der Waals surface area (Å²) < 4.78 is 11.7. The Kier molecular flexibility index (Phi) is 4.23. The largest absolute Gasteiger partial charge is 0.496 e. The lowest BCUT2D eigenvalue weighted by atomic mass is 9.63. The molecule has 0 N–H and O–H groups in total. The van der Waals surface area contributed by atoms with Gasteiger partial charge in [0.05, 0.1) is 23.2 Å². The lowest BCUT2D eigenvalue weighted by molar-refractivity contribution is -0.0886. The Morgan fingerprint density at radius 2 is 1.71 bits per heavy atom. The van der Waals surface area contributed by atoms with Gasteiger partial charge in [0.2, 0.25) is 0 Å². The van der Waals surface area contributed by atoms with Crippen LogP contribution in [0.2, 0.25) is 5.02 Å². The molecule has 2 radical (unpaired) electrons. The maximum atomic E-state index is 6.20. The third-order valence-electron chi connectivity index (χ3n) is 3.62. The number of para-hydroxylation sites is 1. The molecule has 1 fully saturated rings. The Morgan fingerprint density at radius 1 is 1.05 bits per heavy atom. The van der Waals surface area contributed by atoms with Gasteiger partial charge in [0.25, 0.3) is 0 Å². The first-order valence-electron chi connectivity index (χ1n) is 7.03. The van der Waals surface area contributed by atoms with E-state index in [2.05, 4.69) is 12.1 Å². The second-order valence-corrected chi connectivity index (χ2v) is 5.83. The molecule has 2 nitrogen and oxygen atoms in total. The average molecular weight is 299 g/mol. The SMILES string of the molecule is [B]C1(Oc2ccccc2Cl)CC(OCc2ccccc2)C1. The highest BCUT2D eigenvalue weighted by Gasteiger charge is 2.42. The van der Waals surface area contributed by atoms with Crippen LogP contribution in [0.1, 0.15) is 18.4 Å². The van der Waals surface area contributed by atoms with Crippen LogP contribution < -0.4 is 4.74 Å². The van der Waals surface area contributed by atoms with Crippen molar-refractivity contribution in [1.82, 2.24) is 0 Å². The van der Waals surface area contributed by atoms with E-state index in [0.29, 0.717) is 30.2 Å². The minimum atomic E-state index is -0.674. The number of halogens is 1. The van der Waals surface area contributed by atoms with Crippen LogP contribution in [0.4, 0.5) is 0 Å². The summed E-state index contributed by atoms with van der Waals surface area (Å²) in [6.07, 6.45) is 1.48. The molecule has 0 spiro atoms. The molecule has 21 heavy (non-hydrogen) atoms. The smallest absolute Gasteiger partial charge is 0.137 e. The molecule has 106 valence electrons. The van der Waals surface area contributed by atoms with E-state index >= 15 is 0 Å². The molecule has 1 aliphatic carbocycles. The molecule has 3 rings (SSSR count). The Bertz CT molecular complexity index is 597. The lowest BCUT2D eigenvalue weighted by Gasteiger charge is -2.45. The number of ether oxygens (including phenoxy) is 2. The van der Waals surface area contributed by atoms with Crippen LogP contribution >= 0.6 is 11.6 Å². The zero-order chi connectivity index (χ0) is 14.7. The molecular formula is C17H16BClO2. The number of hydrogen-bond donors (Lipinski definition) is 0. The molecule has 0 atom stereocenters. The molecule has 0 amide bonds. The first-order valence-corrected chi connectivity index (χ1v) is 7.40. The minimum Gasteiger partial charge on any atom is -0.496 e. The van der Waals surface area contributed by atoms with Gasteiger partial charge in [-0.25, -0.2) is 0 Å². The van der Waals surface area contributed by atoms with Crippen molar-refractivity contribution in [2.45, 2.75) is 31.1 Å². The van der Waals surface area contributed by atoms with Crippen LogP contribution in [0.5, 0.6) is 5.75 Å². The summed E-state index contributed by atoms with van der Waals surface area (Å²) in [4.78, 5) is 0. The predicted molar refractivity (Wildman–Crippen MR) is 84.8 cm³/mol. The van der Waals surface area contributed by atoms with Gasteiger partial charge >= 0.3 is 0 Å². The normalized spacial score (nSPS) is 24.3. The van der Waals surface area contributed by atoms with Crippen LogP contribution in [0.3, 0.4) is 0 Å². The Labute approximate surface area is 131 Å². The maximum absolute atomic E-state index is 6.20. The predicted octanol–water partition coefficient (Wildman–Crippen LogP) is 3.96. The molecule has 0 saturated heterocycles. The average Bonchev–Trinajstić information content (AvgIpc) is 2.46. The van der Waals surface area contributed by atoms with E-state index in [0.717, 1.165) is 0 Å². The zero-order valence-electron chi connectivity index (χ0n) is 11.7. The summed E-state index contributed by atoms with van der Waals surface area (Å²) in [5.41, 5.74) is 0.492. The van der Waals surface area contributed by atoms with Crippen molar-refractivity contribution in [3.8, 4) is 5.75 Å². The second-order valence-electron chi connectivity index (χ2n) is 5.42. The molecule has 0 aliphatic heterocycles. The van der Waals surface area contributed by atoms with Crippen molar-refractivity contribution in [2.75, 3.05) is 0 Å². The highest BCUT2D eigenvalue weighted by Crippen LogP contribution is 2.38. The van der Waals surface area contributed by atoms with Gasteiger partial charge in [-0.1, -0.05) is 54.1 Å². The molecule has 0 aromatic heterocycles. The fourth-order valence-corrected chi connectivity index (χ4v) is 2.62. The zero-order valence-corrected chi connectivity index (χ0v) is 12.4. The Balaban J connectivity index is 1.49. The molecule has 0 unspecified atom stereocenters. The summed E-state index contributed by atoms with van der Waals surface area (Å²) in [7, 11) is 6.20. The van der Waals surface area contributed by atoms with E-state index in [4.69, 9.17) is 28.9 Å². The van der Waals surface area contributed by atoms with Crippen molar-refractivity contribution in [1.29, 1.82) is 0 Å². The second kappa shape index (κ2) is 6.12. The van der Waals surface area contributed by atoms with E-state index < -0.39 is 5.50 Å². The third-order valence-corrected chi connectivity index (χ3v) is 3.94. The van der Waals surface area contributed by atoms with Crippen molar-refractivity contribution in [3.05, 3.63) is 65.2 Å². The summed E-state index contributed by atoms with van der Waals surface area (Å²) in [6, 6.07) is 17.5. The van der Waals surface area contributed by atoms with E-state index in [1.54, 1.807) is 6.07 Å². The molecule has 4 heteroatoms. The fraction of sp³-hybridized carbons (Fsp3) is 0.294. The van der Waals surface area contributed by atoms with Crippen molar-refractivity contribution < 1.29 is 9.47 Å². The van der Waals surface area contributed by atoms with Crippen molar-refractivity contribution in [3.63, 3.8) is 0 Å². The molecule has 0 bridgehead atoms. The van der Waals surface area contributed by atoms with Crippen LogP contribution in [0.15, 0.2) is 54.6 Å². The fourth-order valence-electron chi connectivity index (χ4n) is 2.45. The summed E-state index contributed by atoms with van der Waals surface area (Å²) >= 11 is 6.08. The van der Waals surface area contributed by atoms with Crippen LogP contribution in [0.25, 0.3) is 0 Å². The summed E-state index contributed by atoms with van der Waals surface area (Å²) in [6.45, 7) is 0.605. The van der Waals surface area contributed by atoms with Crippen molar-refractivity contribution >= 4 is 19.4 Å². The highest BCUT2D eigenvalue weighted by molar-refractivity contribution is 6.32. The van der Waals surface area contributed by atoms with Gasteiger partial charge in [-0.2, -0.15) is 0 Å². The van der Waals surface area contributed by atoms with Crippen molar-refractivity contribution in [2.24, 2.45) is 0 Å². The lowest BCUT2D eigenvalue weighted by Crippen LogP contribution is -2.53. The van der Waals surface area contributed by atoms with E-state index in [9.17, 15) is 0 Å². The Morgan fingerprint density at radius 3 is 2.43 bits per heavy atom. The molecular weight excluding hydrogens is 282 g/mol. The molecule has 1 saturated carbocycles. The van der Waals surface area contributed by atoms with Gasteiger partial charge < -0.3 is 9.47 Å². The maximum Gasteiger partial charge on any atom is 0.137 e. The topological polar surface area (TPSA) is 18.5 Å². The summed E-state index contributed by atoms with van der Waals surface area (Å²) in [5, 5.41) is 0.580. The van der Waals surface area contributed by atoms with E-state index in [1.165, 1.54) is 5.56 Å². The molecule has 0 heterocycles. The molecule has 2 aromatic carbocycles. The van der Waals surface area contributed by atoms with Gasteiger partial charge in [-0.3, -0.25) is 0 Å². The first-order chi connectivity index (χ1) is 10.1. The monoisotopic (exact) mass is 298 g/mol. The number of rotatable bonds is 5. The van der Waals surface area contributed by atoms with Gasteiger partial charge in [-0.05, 0) is 17.7 Å². The van der Waals surface area contributed by atoms with Crippen LogP contribution in [-0.2, 0) is 11.3 Å². The van der Waals surface area contributed by atoms with Gasteiger partial charge in [0, 0.05) is 12.8 Å². The van der Waals surface area contributed by atoms with Gasteiger partial charge in [0.15, 0.2) is 0 Å². The Hall–Kier alpha value is -1.45. The quantitative estimate of drug-likeness (QED) is 0.778. The molecule has 1 aliphatic rings. The number of hydrogen-bond acceptors (Lipinski definition) is 2. The minimum absolute atomic E-state index is 0.137. The first kappa shape index (κ1) is 14.5. The summed E-state index contributed by atoms with van der Waals surface area (Å²) in [5.74, 6) is 0.628.